The van der Waals surface area contributed by atoms with E-state index in [-0.39, 0.29) is 0 Å². The van der Waals surface area contributed by atoms with Gasteiger partial charge >= 0.3 is 0 Å². The van der Waals surface area contributed by atoms with Crippen molar-refractivity contribution in [3.63, 3.8) is 0 Å². The summed E-state index contributed by atoms with van der Waals surface area (Å²) < 4.78 is 5.92. The Morgan fingerprint density at radius 2 is 1.81 bits per heavy atom. The van der Waals surface area contributed by atoms with Crippen LogP contribution in [-0.2, 0) is 0 Å². The summed E-state index contributed by atoms with van der Waals surface area (Å²) in [5, 5.41) is 3.96. The van der Waals surface area contributed by atoms with Crippen LogP contribution in [0.5, 0.6) is 11.6 Å². The molecule has 3 aromatic rings. The van der Waals surface area contributed by atoms with Crippen LogP contribution >= 0.6 is 0 Å². The number of fused-ring (bicyclic) bond motifs is 1. The molecule has 2 heterocycles. The molecule has 2 aromatic heterocycles. The van der Waals surface area contributed by atoms with Gasteiger partial charge in [-0.15, -0.1) is 0 Å². The molecule has 1 aromatic carbocycles. The van der Waals surface area contributed by atoms with Gasteiger partial charge in [0.05, 0.1) is 0 Å². The average molecular weight is 280 g/mol. The summed E-state index contributed by atoms with van der Waals surface area (Å²) in [6.07, 6.45) is 0. The van der Waals surface area contributed by atoms with E-state index in [1.807, 2.05) is 44.2 Å². The minimum absolute atomic E-state index is 0.502. The number of hydrogen-bond donors (Lipinski definition) is 1. The number of nitrogens with zero attached hydrogens (tertiary/aromatic N) is 3. The topological polar surface area (TPSA) is 59.9 Å². The van der Waals surface area contributed by atoms with Crippen molar-refractivity contribution < 1.29 is 4.74 Å². The lowest BCUT2D eigenvalue weighted by Crippen LogP contribution is -2.00. The molecule has 5 heteroatoms. The smallest absolute Gasteiger partial charge is 0.225 e. The molecule has 0 aliphatic rings. The molecule has 5 nitrogen and oxygen atoms in total. The van der Waals surface area contributed by atoms with E-state index < -0.39 is 0 Å². The number of aryl methyl sites for hydroxylation is 2. The number of anilines is 1. The summed E-state index contributed by atoms with van der Waals surface area (Å²) in [7, 11) is 1.78. The number of nitrogens with one attached hydrogen (secondary N) is 1. The summed E-state index contributed by atoms with van der Waals surface area (Å²) in [6.45, 7) is 3.87. The summed E-state index contributed by atoms with van der Waals surface area (Å²) in [6, 6.07) is 11.7. The maximum atomic E-state index is 5.92. The van der Waals surface area contributed by atoms with Crippen molar-refractivity contribution in [2.45, 2.75) is 13.8 Å². The molecule has 0 atom stereocenters. The van der Waals surface area contributed by atoms with Crippen LogP contribution in [0.25, 0.3) is 10.9 Å². The van der Waals surface area contributed by atoms with E-state index in [2.05, 4.69) is 20.3 Å². The van der Waals surface area contributed by atoms with E-state index >= 15 is 0 Å². The van der Waals surface area contributed by atoms with Crippen LogP contribution in [0.4, 0.5) is 5.95 Å². The van der Waals surface area contributed by atoms with Gasteiger partial charge in [0.25, 0.3) is 0 Å². The van der Waals surface area contributed by atoms with Gasteiger partial charge in [-0.1, -0.05) is 18.2 Å². The highest BCUT2D eigenvalue weighted by Gasteiger charge is 2.08. The molecule has 0 saturated heterocycles. The van der Waals surface area contributed by atoms with Crippen molar-refractivity contribution in [2.75, 3.05) is 12.4 Å². The molecule has 0 amide bonds. The van der Waals surface area contributed by atoms with Gasteiger partial charge in [0, 0.05) is 29.9 Å². The van der Waals surface area contributed by atoms with Crippen LogP contribution in [0.3, 0.4) is 0 Å². The second-order valence-electron chi connectivity index (χ2n) is 4.80. The highest BCUT2D eigenvalue weighted by atomic mass is 16.5. The molecule has 3 rings (SSSR count). The van der Waals surface area contributed by atoms with Gasteiger partial charge in [-0.05, 0) is 26.0 Å². The Kier molecular flexibility index (Phi) is 3.39. The van der Waals surface area contributed by atoms with Gasteiger partial charge in [0.2, 0.25) is 11.8 Å². The monoisotopic (exact) mass is 280 g/mol. The number of pyridine rings is 1. The van der Waals surface area contributed by atoms with Crippen molar-refractivity contribution in [3.05, 3.63) is 47.8 Å². The normalized spacial score (nSPS) is 10.6. The van der Waals surface area contributed by atoms with Crippen LogP contribution in [0.1, 0.15) is 11.4 Å². The molecule has 0 bridgehead atoms. The van der Waals surface area contributed by atoms with E-state index in [0.29, 0.717) is 17.6 Å². The number of rotatable bonds is 3. The fourth-order valence-electron chi connectivity index (χ4n) is 2.12. The molecule has 106 valence electrons. The van der Waals surface area contributed by atoms with Crippen molar-refractivity contribution in [3.8, 4) is 11.6 Å². The standard InChI is InChI=1S/C16H16N4O/c1-10-7-8-12-5-4-6-13(15(12)18-10)21-14-9-11(2)19-16(17-3)20-14/h4-9H,1-3H3,(H,17,19,20). The Morgan fingerprint density at radius 3 is 2.62 bits per heavy atom. The van der Waals surface area contributed by atoms with Crippen molar-refractivity contribution in [1.82, 2.24) is 15.0 Å². The third-order valence-corrected chi connectivity index (χ3v) is 3.09. The zero-order valence-corrected chi connectivity index (χ0v) is 12.2. The first-order chi connectivity index (χ1) is 10.2. The maximum absolute atomic E-state index is 5.92. The predicted octanol–water partition coefficient (Wildman–Crippen LogP) is 3.48. The molecule has 0 fully saturated rings. The van der Waals surface area contributed by atoms with Crippen LogP contribution < -0.4 is 10.1 Å². The summed E-state index contributed by atoms with van der Waals surface area (Å²) >= 11 is 0. The number of para-hydroxylation sites is 1. The van der Waals surface area contributed by atoms with Crippen molar-refractivity contribution in [1.29, 1.82) is 0 Å². The number of aromatic nitrogens is 3. The van der Waals surface area contributed by atoms with Crippen molar-refractivity contribution >= 4 is 16.9 Å². The average Bonchev–Trinajstić information content (AvgIpc) is 2.47. The van der Waals surface area contributed by atoms with E-state index in [9.17, 15) is 0 Å². The maximum Gasteiger partial charge on any atom is 0.225 e. The lowest BCUT2D eigenvalue weighted by atomic mass is 10.2. The highest BCUT2D eigenvalue weighted by molar-refractivity contribution is 5.84. The minimum atomic E-state index is 0.502. The van der Waals surface area contributed by atoms with Gasteiger partial charge in [0.15, 0.2) is 5.75 Å². The fourth-order valence-corrected chi connectivity index (χ4v) is 2.12. The van der Waals surface area contributed by atoms with E-state index in [1.165, 1.54) is 0 Å². The summed E-state index contributed by atoms with van der Waals surface area (Å²) in [5.41, 5.74) is 2.63. The Bertz CT molecular complexity index is 801. The molecule has 0 radical (unpaired) electrons. The van der Waals surface area contributed by atoms with Crippen LogP contribution in [0.2, 0.25) is 0 Å². The Labute approximate surface area is 123 Å². The van der Waals surface area contributed by atoms with Crippen LogP contribution in [0, 0.1) is 13.8 Å². The Balaban J connectivity index is 2.05. The molecule has 0 aliphatic carbocycles. The van der Waals surface area contributed by atoms with Crippen molar-refractivity contribution in [2.24, 2.45) is 0 Å². The minimum Gasteiger partial charge on any atom is -0.437 e. The second-order valence-corrected chi connectivity index (χ2v) is 4.80. The number of ether oxygens (including phenoxy) is 1. The fraction of sp³-hybridized carbons (Fsp3) is 0.188. The lowest BCUT2D eigenvalue weighted by molar-refractivity contribution is 0.466. The Hall–Kier alpha value is -2.69. The van der Waals surface area contributed by atoms with Gasteiger partial charge in [-0.2, -0.15) is 4.98 Å². The van der Waals surface area contributed by atoms with Gasteiger partial charge in [0.1, 0.15) is 5.52 Å². The van der Waals surface area contributed by atoms with Crippen LogP contribution in [0.15, 0.2) is 36.4 Å². The SMILES string of the molecule is CNc1nc(C)cc(Oc2cccc3ccc(C)nc23)n1. The highest BCUT2D eigenvalue weighted by Crippen LogP contribution is 2.28. The first-order valence-corrected chi connectivity index (χ1v) is 6.73. The zero-order valence-electron chi connectivity index (χ0n) is 12.2. The number of benzene rings is 1. The van der Waals surface area contributed by atoms with Gasteiger partial charge < -0.3 is 10.1 Å². The van der Waals surface area contributed by atoms with E-state index in [4.69, 9.17) is 4.74 Å². The third-order valence-electron chi connectivity index (χ3n) is 3.09. The van der Waals surface area contributed by atoms with Gasteiger partial charge in [-0.25, -0.2) is 9.97 Å². The lowest BCUT2D eigenvalue weighted by Gasteiger charge is -2.09. The molecular formula is C16H16N4O. The molecule has 0 aliphatic heterocycles. The molecule has 0 spiro atoms. The van der Waals surface area contributed by atoms with Crippen LogP contribution in [-0.4, -0.2) is 22.0 Å². The largest absolute Gasteiger partial charge is 0.437 e. The summed E-state index contributed by atoms with van der Waals surface area (Å²) in [5.74, 6) is 1.73. The molecule has 1 N–H and O–H groups in total. The first-order valence-electron chi connectivity index (χ1n) is 6.73. The second kappa shape index (κ2) is 5.36. The molecule has 0 unspecified atom stereocenters. The van der Waals surface area contributed by atoms with E-state index in [1.54, 1.807) is 13.1 Å². The summed E-state index contributed by atoms with van der Waals surface area (Å²) in [4.78, 5) is 13.1. The Morgan fingerprint density at radius 1 is 0.952 bits per heavy atom. The predicted molar refractivity (Wildman–Crippen MR) is 82.9 cm³/mol. The molecular weight excluding hydrogens is 264 g/mol. The zero-order chi connectivity index (χ0) is 14.8. The quantitative estimate of drug-likeness (QED) is 0.796. The third kappa shape index (κ3) is 2.76. The molecule has 21 heavy (non-hydrogen) atoms. The number of hydrogen-bond acceptors (Lipinski definition) is 5. The molecule has 0 saturated carbocycles. The first kappa shape index (κ1) is 13.3. The van der Waals surface area contributed by atoms with E-state index in [0.717, 1.165) is 22.3 Å². The van der Waals surface area contributed by atoms with Gasteiger partial charge in [-0.3, -0.25) is 0 Å².